The second kappa shape index (κ2) is 15.4. The van der Waals surface area contributed by atoms with Crippen molar-refractivity contribution in [2.24, 2.45) is 0 Å². The molecule has 228 valence electrons. The van der Waals surface area contributed by atoms with E-state index in [0.29, 0.717) is 13.0 Å². The summed E-state index contributed by atoms with van der Waals surface area (Å²) in [7, 11) is 5.55. The molecule has 1 fully saturated rings. The van der Waals surface area contributed by atoms with Crippen molar-refractivity contribution in [3.8, 4) is 11.1 Å². The third-order valence-corrected chi connectivity index (χ3v) is 9.19. The zero-order chi connectivity index (χ0) is 30.9. The van der Waals surface area contributed by atoms with Gasteiger partial charge < -0.3 is 15.1 Å². The number of nitrogens with one attached hydrogen (secondary N) is 1. The Labute approximate surface area is 260 Å². The first-order valence-corrected chi connectivity index (χ1v) is 15.6. The molecule has 5 rings (SSSR count). The standard InChI is InChI=1S/C27H23ClF2N2OS.C6H14N2O/c28-24-23-21(29)9-10-22(30)25(23)34-26(24)27(33)32(20-7-2-1-3-8-20)16-17-5-4-6-19(15-17)18-11-13-31-14-12-18;1-7-6(9)4-5-8(2)3/h4-6,9-15,20H,1-3,7-8,16H2;4-5H2,1-3H3,(H,7,9). The monoisotopic (exact) mass is 626 g/mol. The fraction of sp³-hybridized carbons (Fsp3) is 0.364. The third-order valence-electron chi connectivity index (χ3n) is 7.51. The Hall–Kier alpha value is -3.40. The SMILES string of the molecule is CNC(=O)CCN(C)C.O=C(c1sc2c(F)ccc(F)c2c1Cl)N(Cc1cccc(-c2ccncc2)c1)C1CCCCC1. The Balaban J connectivity index is 0.000000410. The number of benzene rings is 2. The molecule has 4 aromatic rings. The number of fused-ring (bicyclic) bond motifs is 1. The van der Waals surface area contributed by atoms with E-state index >= 15 is 0 Å². The number of nitrogens with zero attached hydrogens (tertiary/aromatic N) is 3. The van der Waals surface area contributed by atoms with E-state index in [1.54, 1.807) is 19.4 Å². The molecule has 0 saturated heterocycles. The van der Waals surface area contributed by atoms with Gasteiger partial charge >= 0.3 is 0 Å². The van der Waals surface area contributed by atoms with Gasteiger partial charge in [0, 0.05) is 45.0 Å². The van der Waals surface area contributed by atoms with Crippen LogP contribution < -0.4 is 5.32 Å². The van der Waals surface area contributed by atoms with E-state index in [2.05, 4.69) is 16.4 Å². The van der Waals surface area contributed by atoms with Gasteiger partial charge in [0.15, 0.2) is 0 Å². The fourth-order valence-electron chi connectivity index (χ4n) is 5.17. The number of thiophene rings is 1. The lowest BCUT2D eigenvalue weighted by atomic mass is 9.93. The van der Waals surface area contributed by atoms with Gasteiger partial charge in [0.25, 0.3) is 5.91 Å². The Kier molecular flexibility index (Phi) is 11.6. The van der Waals surface area contributed by atoms with Crippen molar-refractivity contribution in [3.63, 3.8) is 0 Å². The number of halogens is 3. The maximum atomic E-state index is 14.4. The molecule has 0 bridgehead atoms. The average molecular weight is 627 g/mol. The lowest BCUT2D eigenvalue weighted by Gasteiger charge is -2.34. The number of rotatable bonds is 8. The van der Waals surface area contributed by atoms with E-state index < -0.39 is 11.6 Å². The lowest BCUT2D eigenvalue weighted by Crippen LogP contribution is -2.40. The summed E-state index contributed by atoms with van der Waals surface area (Å²) < 4.78 is 28.9. The van der Waals surface area contributed by atoms with Crippen LogP contribution in [-0.2, 0) is 11.3 Å². The summed E-state index contributed by atoms with van der Waals surface area (Å²) in [5.41, 5.74) is 3.08. The molecule has 0 aliphatic heterocycles. The van der Waals surface area contributed by atoms with Gasteiger partial charge in [-0.25, -0.2) is 8.78 Å². The van der Waals surface area contributed by atoms with Gasteiger partial charge in [-0.05, 0) is 74.0 Å². The molecule has 2 amide bonds. The number of amides is 2. The first-order chi connectivity index (χ1) is 20.7. The first-order valence-electron chi connectivity index (χ1n) is 14.4. The molecule has 10 heteroatoms. The maximum Gasteiger partial charge on any atom is 0.266 e. The Bertz CT molecular complexity index is 1540. The van der Waals surface area contributed by atoms with Gasteiger partial charge in [-0.1, -0.05) is 49.1 Å². The Morgan fingerprint density at radius 1 is 1.00 bits per heavy atom. The highest BCUT2D eigenvalue weighted by atomic mass is 35.5. The van der Waals surface area contributed by atoms with E-state index in [-0.39, 0.29) is 37.8 Å². The second-order valence-corrected chi connectivity index (χ2v) is 12.3. The smallest absolute Gasteiger partial charge is 0.266 e. The van der Waals surface area contributed by atoms with Crippen LogP contribution in [-0.4, -0.2) is 60.3 Å². The van der Waals surface area contributed by atoms with Crippen LogP contribution in [0.25, 0.3) is 21.2 Å². The lowest BCUT2D eigenvalue weighted by molar-refractivity contribution is -0.120. The van der Waals surface area contributed by atoms with Crippen LogP contribution in [0.5, 0.6) is 0 Å². The summed E-state index contributed by atoms with van der Waals surface area (Å²) in [5.74, 6) is -1.36. The molecule has 0 atom stereocenters. The summed E-state index contributed by atoms with van der Waals surface area (Å²) in [6.45, 7) is 1.22. The molecular formula is C33H37ClF2N4O2S. The summed E-state index contributed by atoms with van der Waals surface area (Å²) in [6, 6.07) is 14.2. The van der Waals surface area contributed by atoms with E-state index in [0.717, 1.165) is 78.8 Å². The molecule has 1 aliphatic carbocycles. The molecule has 0 radical (unpaired) electrons. The van der Waals surface area contributed by atoms with E-state index in [9.17, 15) is 18.4 Å². The number of aromatic nitrogens is 1. The van der Waals surface area contributed by atoms with Crippen LogP contribution in [0.2, 0.25) is 5.02 Å². The predicted molar refractivity (Wildman–Crippen MR) is 170 cm³/mol. The van der Waals surface area contributed by atoms with Crippen molar-refractivity contribution in [1.82, 2.24) is 20.1 Å². The van der Waals surface area contributed by atoms with Gasteiger partial charge in [0.05, 0.1) is 15.1 Å². The highest BCUT2D eigenvalue weighted by Gasteiger charge is 2.31. The number of carbonyl (C=O) groups is 2. The summed E-state index contributed by atoms with van der Waals surface area (Å²) in [6.07, 6.45) is 9.15. The van der Waals surface area contributed by atoms with Gasteiger partial charge in [0.2, 0.25) is 5.91 Å². The topological polar surface area (TPSA) is 65.5 Å². The minimum absolute atomic E-state index is 0.00616. The van der Waals surface area contributed by atoms with Gasteiger partial charge in [-0.3, -0.25) is 14.6 Å². The molecule has 43 heavy (non-hydrogen) atoms. The van der Waals surface area contributed by atoms with E-state index in [4.69, 9.17) is 11.6 Å². The van der Waals surface area contributed by atoms with Gasteiger partial charge in [0.1, 0.15) is 16.5 Å². The van der Waals surface area contributed by atoms with E-state index in [1.165, 1.54) is 0 Å². The molecule has 6 nitrogen and oxygen atoms in total. The van der Waals surface area contributed by atoms with Gasteiger partial charge in [-0.15, -0.1) is 11.3 Å². The minimum Gasteiger partial charge on any atom is -0.359 e. The van der Waals surface area contributed by atoms with E-state index in [1.807, 2.05) is 54.2 Å². The van der Waals surface area contributed by atoms with Crippen molar-refractivity contribution in [3.05, 3.63) is 88.0 Å². The summed E-state index contributed by atoms with van der Waals surface area (Å²) in [4.78, 5) is 32.5. The van der Waals surface area contributed by atoms with Crippen molar-refractivity contribution < 1.29 is 18.4 Å². The highest BCUT2D eigenvalue weighted by molar-refractivity contribution is 7.21. The van der Waals surface area contributed by atoms with Crippen LogP contribution in [0.1, 0.15) is 53.8 Å². The first kappa shape index (κ1) is 32.5. The van der Waals surface area contributed by atoms with Gasteiger partial charge in [-0.2, -0.15) is 0 Å². The molecule has 2 aromatic carbocycles. The van der Waals surface area contributed by atoms with Crippen molar-refractivity contribution in [2.45, 2.75) is 51.1 Å². The Morgan fingerprint density at radius 3 is 2.35 bits per heavy atom. The molecule has 2 heterocycles. The summed E-state index contributed by atoms with van der Waals surface area (Å²) >= 11 is 7.40. The van der Waals surface area contributed by atoms with Crippen molar-refractivity contribution in [1.29, 1.82) is 0 Å². The number of carbonyl (C=O) groups excluding carboxylic acids is 2. The fourth-order valence-corrected chi connectivity index (χ4v) is 6.67. The molecule has 1 saturated carbocycles. The van der Waals surface area contributed by atoms with Crippen molar-refractivity contribution in [2.75, 3.05) is 27.7 Å². The molecule has 1 aliphatic rings. The predicted octanol–water partition coefficient (Wildman–Crippen LogP) is 7.55. The van der Waals surface area contributed by atoms with Crippen LogP contribution in [0.3, 0.4) is 0 Å². The largest absolute Gasteiger partial charge is 0.359 e. The number of hydrogen-bond donors (Lipinski definition) is 1. The van der Waals surface area contributed by atoms with Crippen LogP contribution >= 0.6 is 22.9 Å². The number of hydrogen-bond acceptors (Lipinski definition) is 5. The third kappa shape index (κ3) is 8.37. The molecular weight excluding hydrogens is 590 g/mol. The zero-order valence-electron chi connectivity index (χ0n) is 24.7. The number of pyridine rings is 1. The normalized spacial score (nSPS) is 13.5. The molecule has 1 N–H and O–H groups in total. The average Bonchev–Trinajstić information content (AvgIpc) is 3.39. The van der Waals surface area contributed by atoms with Crippen LogP contribution in [0, 0.1) is 11.6 Å². The molecule has 2 aromatic heterocycles. The second-order valence-electron chi connectivity index (χ2n) is 10.9. The minimum atomic E-state index is -0.619. The highest BCUT2D eigenvalue weighted by Crippen LogP contribution is 2.40. The quantitative estimate of drug-likeness (QED) is 0.219. The maximum absolute atomic E-state index is 14.4. The summed E-state index contributed by atoms with van der Waals surface area (Å²) in [5, 5.41) is 2.53. The molecule has 0 unspecified atom stereocenters. The zero-order valence-corrected chi connectivity index (χ0v) is 26.3. The van der Waals surface area contributed by atoms with Crippen molar-refractivity contribution >= 4 is 44.8 Å². The van der Waals surface area contributed by atoms with Crippen LogP contribution in [0.15, 0.2) is 60.9 Å². The molecule has 0 spiro atoms. The van der Waals surface area contributed by atoms with Crippen LogP contribution in [0.4, 0.5) is 8.78 Å². The Morgan fingerprint density at radius 2 is 1.70 bits per heavy atom.